The Balaban J connectivity index is 1.54. The zero-order valence-electron chi connectivity index (χ0n) is 18.6. The van der Waals surface area contributed by atoms with Crippen LogP contribution in [0.5, 0.6) is 11.5 Å². The summed E-state index contributed by atoms with van der Waals surface area (Å²) in [6.45, 7) is -0.657. The predicted octanol–water partition coefficient (Wildman–Crippen LogP) is 3.72. The molecule has 0 heterocycles. The lowest BCUT2D eigenvalue weighted by molar-refractivity contribution is -0.130. The molecule has 0 bridgehead atoms. The molecule has 2 aromatic rings. The Hall–Kier alpha value is -2.72. The third-order valence-corrected chi connectivity index (χ3v) is 6.67. The number of nitrogens with one attached hydrogen (secondary N) is 1. The van der Waals surface area contributed by atoms with Crippen LogP contribution in [0.3, 0.4) is 0 Å². The molecular weight excluding hydrogens is 454 g/mol. The van der Waals surface area contributed by atoms with Crippen molar-refractivity contribution in [3.05, 3.63) is 53.6 Å². The van der Waals surface area contributed by atoms with Crippen LogP contribution in [-0.4, -0.2) is 45.5 Å². The van der Waals surface area contributed by atoms with Gasteiger partial charge in [0.1, 0.15) is 0 Å². The van der Waals surface area contributed by atoms with Gasteiger partial charge in [-0.25, -0.2) is 13.1 Å². The molecule has 1 aliphatic rings. The lowest BCUT2D eigenvalue weighted by Crippen LogP contribution is -2.26. The van der Waals surface area contributed by atoms with Crippen LogP contribution >= 0.6 is 0 Å². The summed E-state index contributed by atoms with van der Waals surface area (Å²) >= 11 is 0. The molecule has 1 amide bonds. The zero-order chi connectivity index (χ0) is 24.0. The number of ether oxygens (including phenoxy) is 2. The second-order valence-corrected chi connectivity index (χ2v) is 9.60. The Kier molecular flexibility index (Phi) is 8.25. The quantitative estimate of drug-likeness (QED) is 0.499. The molecule has 0 radical (unpaired) electrons. The van der Waals surface area contributed by atoms with Gasteiger partial charge >= 0.3 is 6.61 Å². The monoisotopic (exact) mass is 482 g/mol. The molecule has 1 saturated carbocycles. The summed E-state index contributed by atoms with van der Waals surface area (Å²) in [5.74, 6) is 0.0395. The van der Waals surface area contributed by atoms with E-state index in [4.69, 9.17) is 4.74 Å². The number of halogens is 2. The molecule has 0 saturated heterocycles. The van der Waals surface area contributed by atoms with Gasteiger partial charge in [0.05, 0.1) is 11.5 Å². The SMILES string of the molecule is CCOc1cc(CN(C)C(=O)CCc2ccc(S(=O)(=O)NC3CC3)cc2)ccc1OC(F)F. The van der Waals surface area contributed by atoms with Crippen LogP contribution in [0.2, 0.25) is 0 Å². The van der Waals surface area contributed by atoms with Crippen LogP contribution in [-0.2, 0) is 27.8 Å². The van der Waals surface area contributed by atoms with E-state index in [0.29, 0.717) is 12.0 Å². The molecule has 0 aliphatic heterocycles. The molecule has 0 aromatic heterocycles. The number of carbonyl (C=O) groups is 1. The number of hydrogen-bond donors (Lipinski definition) is 1. The van der Waals surface area contributed by atoms with Gasteiger partial charge in [-0.1, -0.05) is 18.2 Å². The van der Waals surface area contributed by atoms with Crippen LogP contribution in [0.4, 0.5) is 8.78 Å². The lowest BCUT2D eigenvalue weighted by atomic mass is 10.1. The summed E-state index contributed by atoms with van der Waals surface area (Å²) in [7, 11) is -1.84. The highest BCUT2D eigenvalue weighted by atomic mass is 32.2. The summed E-state index contributed by atoms with van der Waals surface area (Å²) in [5, 5.41) is 0. The van der Waals surface area contributed by atoms with Crippen molar-refractivity contribution in [2.24, 2.45) is 0 Å². The van der Waals surface area contributed by atoms with Crippen molar-refractivity contribution in [2.45, 2.75) is 56.7 Å². The number of rotatable bonds is 12. The fraction of sp³-hybridized carbons (Fsp3) is 0.435. The predicted molar refractivity (Wildman–Crippen MR) is 119 cm³/mol. The van der Waals surface area contributed by atoms with E-state index < -0.39 is 16.6 Å². The molecule has 7 nitrogen and oxygen atoms in total. The van der Waals surface area contributed by atoms with Crippen LogP contribution < -0.4 is 14.2 Å². The van der Waals surface area contributed by atoms with E-state index in [1.165, 1.54) is 11.0 Å². The fourth-order valence-electron chi connectivity index (χ4n) is 3.24. The molecule has 1 aliphatic carbocycles. The highest BCUT2D eigenvalue weighted by molar-refractivity contribution is 7.89. The fourth-order valence-corrected chi connectivity index (χ4v) is 4.55. The minimum atomic E-state index is -3.50. The highest BCUT2D eigenvalue weighted by Gasteiger charge is 2.27. The molecule has 1 fully saturated rings. The Morgan fingerprint density at radius 2 is 1.79 bits per heavy atom. The molecule has 33 heavy (non-hydrogen) atoms. The molecule has 3 rings (SSSR count). The second kappa shape index (κ2) is 10.9. The van der Waals surface area contributed by atoms with E-state index in [0.717, 1.165) is 18.4 Å². The number of hydrogen-bond acceptors (Lipinski definition) is 5. The normalized spacial score (nSPS) is 13.7. The third kappa shape index (κ3) is 7.40. The third-order valence-electron chi connectivity index (χ3n) is 5.13. The summed E-state index contributed by atoms with van der Waals surface area (Å²) in [4.78, 5) is 14.3. The van der Waals surface area contributed by atoms with Gasteiger partial charge in [0.15, 0.2) is 11.5 Å². The number of carbonyl (C=O) groups excluding carboxylic acids is 1. The van der Waals surface area contributed by atoms with Crippen LogP contribution in [0.15, 0.2) is 47.4 Å². The molecule has 2 aromatic carbocycles. The zero-order valence-corrected chi connectivity index (χ0v) is 19.4. The lowest BCUT2D eigenvalue weighted by Gasteiger charge is -2.19. The highest BCUT2D eigenvalue weighted by Crippen LogP contribution is 2.30. The van der Waals surface area contributed by atoms with E-state index >= 15 is 0 Å². The van der Waals surface area contributed by atoms with Gasteiger partial charge in [0.25, 0.3) is 0 Å². The van der Waals surface area contributed by atoms with Gasteiger partial charge in [-0.2, -0.15) is 8.78 Å². The molecule has 0 atom stereocenters. The Morgan fingerprint density at radius 1 is 1.12 bits per heavy atom. The van der Waals surface area contributed by atoms with Gasteiger partial charge in [-0.3, -0.25) is 4.79 Å². The second-order valence-electron chi connectivity index (χ2n) is 7.88. The first-order chi connectivity index (χ1) is 15.7. The Morgan fingerprint density at radius 3 is 2.39 bits per heavy atom. The van der Waals surface area contributed by atoms with Crippen LogP contribution in [0, 0.1) is 0 Å². The summed E-state index contributed by atoms with van der Waals surface area (Å²) in [6.07, 6.45) is 2.44. The van der Waals surface area contributed by atoms with E-state index in [1.807, 2.05) is 0 Å². The van der Waals surface area contributed by atoms with Gasteiger partial charge in [0, 0.05) is 26.1 Å². The summed E-state index contributed by atoms with van der Waals surface area (Å²) in [5.41, 5.74) is 1.57. The average molecular weight is 483 g/mol. The van der Waals surface area contributed by atoms with E-state index in [1.54, 1.807) is 50.4 Å². The summed E-state index contributed by atoms with van der Waals surface area (Å²) < 4.78 is 62.0. The minimum Gasteiger partial charge on any atom is -0.490 e. The maximum Gasteiger partial charge on any atom is 0.387 e. The average Bonchev–Trinajstić information content (AvgIpc) is 3.57. The maximum absolute atomic E-state index is 12.6. The van der Waals surface area contributed by atoms with Crippen molar-refractivity contribution in [1.82, 2.24) is 9.62 Å². The molecule has 0 unspecified atom stereocenters. The van der Waals surface area contributed by atoms with Gasteiger partial charge in [-0.05, 0) is 61.6 Å². The van der Waals surface area contributed by atoms with Crippen molar-refractivity contribution in [3.8, 4) is 11.5 Å². The van der Waals surface area contributed by atoms with Crippen molar-refractivity contribution in [1.29, 1.82) is 0 Å². The topological polar surface area (TPSA) is 84.9 Å². The molecule has 10 heteroatoms. The smallest absolute Gasteiger partial charge is 0.387 e. The van der Waals surface area contributed by atoms with E-state index in [2.05, 4.69) is 9.46 Å². The summed E-state index contributed by atoms with van der Waals surface area (Å²) in [6, 6.07) is 11.2. The molecular formula is C23H28F2N2O5S. The van der Waals surface area contributed by atoms with Gasteiger partial charge in [0.2, 0.25) is 15.9 Å². The van der Waals surface area contributed by atoms with Gasteiger partial charge in [-0.15, -0.1) is 0 Å². The number of benzene rings is 2. The number of sulfonamides is 1. The maximum atomic E-state index is 12.6. The molecule has 1 N–H and O–H groups in total. The Bertz CT molecular complexity index is 1060. The number of amides is 1. The van der Waals surface area contributed by atoms with Crippen molar-refractivity contribution in [2.75, 3.05) is 13.7 Å². The number of aryl methyl sites for hydroxylation is 1. The van der Waals surface area contributed by atoms with Crippen molar-refractivity contribution >= 4 is 15.9 Å². The van der Waals surface area contributed by atoms with Crippen LogP contribution in [0.1, 0.15) is 37.3 Å². The molecule has 0 spiro atoms. The first-order valence-corrected chi connectivity index (χ1v) is 12.2. The van der Waals surface area contributed by atoms with Gasteiger partial charge < -0.3 is 14.4 Å². The Labute approximate surface area is 192 Å². The minimum absolute atomic E-state index is 0.0421. The first kappa shape index (κ1) is 24.9. The standard InChI is InChI=1S/C23H28F2N2O5S/c1-3-31-21-14-17(6-12-20(21)32-23(24)25)15-27(2)22(28)13-7-16-4-10-19(11-5-16)33(29,30)26-18-8-9-18/h4-6,10-12,14,18,23,26H,3,7-9,13,15H2,1-2H3. The number of alkyl halides is 2. The largest absolute Gasteiger partial charge is 0.490 e. The van der Waals surface area contributed by atoms with E-state index in [-0.39, 0.29) is 47.9 Å². The van der Waals surface area contributed by atoms with E-state index in [9.17, 15) is 22.0 Å². The van der Waals surface area contributed by atoms with Crippen LogP contribution in [0.25, 0.3) is 0 Å². The van der Waals surface area contributed by atoms with Crippen molar-refractivity contribution in [3.63, 3.8) is 0 Å². The number of nitrogens with zero attached hydrogens (tertiary/aromatic N) is 1. The molecule has 180 valence electrons. The first-order valence-electron chi connectivity index (χ1n) is 10.7. The van der Waals surface area contributed by atoms with Crippen molar-refractivity contribution < 1.29 is 31.5 Å².